The average Bonchev–Trinajstić information content (AvgIpc) is 2.43. The predicted molar refractivity (Wildman–Crippen MR) is 90.9 cm³/mol. The van der Waals surface area contributed by atoms with Gasteiger partial charge in [-0.15, -0.1) is 24.8 Å². The molecular formula is C15H21Cl2N3O. The standard InChI is InChI=1S/C15H19N3O.2ClH/c1-10(2)13(16)15(19)18-9-12-6-3-5-11-7-4-8-17-14(11)12;;/h3-8,10,13H,9,16H2,1-2H3,(H,18,19);2*1H. The van der Waals surface area contributed by atoms with Crippen LogP contribution in [0, 0.1) is 5.92 Å². The topological polar surface area (TPSA) is 68.0 Å². The van der Waals surface area contributed by atoms with Gasteiger partial charge in [0.25, 0.3) is 0 Å². The Kier molecular flexibility index (Phi) is 8.25. The number of carbonyl (C=O) groups excluding carboxylic acids is 1. The van der Waals surface area contributed by atoms with Gasteiger partial charge in [-0.1, -0.05) is 38.1 Å². The van der Waals surface area contributed by atoms with Crippen LogP contribution in [0.5, 0.6) is 0 Å². The first-order valence-electron chi connectivity index (χ1n) is 6.45. The van der Waals surface area contributed by atoms with Crippen molar-refractivity contribution in [3.05, 3.63) is 42.1 Å². The maximum Gasteiger partial charge on any atom is 0.237 e. The van der Waals surface area contributed by atoms with Crippen LogP contribution in [-0.2, 0) is 11.3 Å². The van der Waals surface area contributed by atoms with Crippen molar-refractivity contribution in [3.8, 4) is 0 Å². The zero-order valence-corrected chi connectivity index (χ0v) is 13.7. The first-order valence-corrected chi connectivity index (χ1v) is 6.45. The molecule has 0 saturated carbocycles. The lowest BCUT2D eigenvalue weighted by Crippen LogP contribution is -2.43. The molecule has 0 spiro atoms. The van der Waals surface area contributed by atoms with E-state index in [1.807, 2.05) is 44.2 Å². The van der Waals surface area contributed by atoms with Gasteiger partial charge in [0.05, 0.1) is 11.6 Å². The third-order valence-electron chi connectivity index (χ3n) is 3.19. The molecule has 2 aromatic rings. The number of hydrogen-bond acceptors (Lipinski definition) is 3. The molecule has 0 saturated heterocycles. The minimum Gasteiger partial charge on any atom is -0.351 e. The Balaban J connectivity index is 0.00000200. The monoisotopic (exact) mass is 329 g/mol. The fourth-order valence-electron chi connectivity index (χ4n) is 1.91. The van der Waals surface area contributed by atoms with E-state index >= 15 is 0 Å². The molecule has 1 aromatic heterocycles. The van der Waals surface area contributed by atoms with Gasteiger partial charge in [-0.3, -0.25) is 9.78 Å². The summed E-state index contributed by atoms with van der Waals surface area (Å²) in [6, 6.07) is 9.38. The second-order valence-electron chi connectivity index (χ2n) is 4.98. The van der Waals surface area contributed by atoms with Gasteiger partial charge in [0.2, 0.25) is 5.91 Å². The molecule has 0 fully saturated rings. The number of amides is 1. The maximum absolute atomic E-state index is 11.8. The molecule has 1 amide bonds. The van der Waals surface area contributed by atoms with E-state index in [-0.39, 0.29) is 36.6 Å². The molecular weight excluding hydrogens is 309 g/mol. The summed E-state index contributed by atoms with van der Waals surface area (Å²) in [5.41, 5.74) is 7.73. The van der Waals surface area contributed by atoms with Crippen LogP contribution in [0.1, 0.15) is 19.4 Å². The number of carbonyl (C=O) groups is 1. The number of nitrogens with two attached hydrogens (primary N) is 1. The number of fused-ring (bicyclic) bond motifs is 1. The quantitative estimate of drug-likeness (QED) is 0.906. The molecule has 6 heteroatoms. The summed E-state index contributed by atoms with van der Waals surface area (Å²) >= 11 is 0. The fourth-order valence-corrected chi connectivity index (χ4v) is 1.91. The molecule has 21 heavy (non-hydrogen) atoms. The Bertz CT molecular complexity index is 585. The Morgan fingerprint density at radius 2 is 1.90 bits per heavy atom. The summed E-state index contributed by atoms with van der Waals surface area (Å²) in [6.45, 7) is 4.32. The minimum absolute atomic E-state index is 0. The van der Waals surface area contributed by atoms with Crippen molar-refractivity contribution < 1.29 is 4.79 Å². The lowest BCUT2D eigenvalue weighted by atomic mass is 10.0. The Morgan fingerprint density at radius 1 is 1.24 bits per heavy atom. The number of halogens is 2. The van der Waals surface area contributed by atoms with Crippen molar-refractivity contribution in [3.63, 3.8) is 0 Å². The second-order valence-corrected chi connectivity index (χ2v) is 4.98. The lowest BCUT2D eigenvalue weighted by molar-refractivity contribution is -0.123. The molecule has 0 aliphatic rings. The van der Waals surface area contributed by atoms with Gasteiger partial charge < -0.3 is 11.1 Å². The van der Waals surface area contributed by atoms with E-state index in [0.717, 1.165) is 16.5 Å². The number of rotatable bonds is 4. The fraction of sp³-hybridized carbons (Fsp3) is 0.333. The third-order valence-corrected chi connectivity index (χ3v) is 3.19. The molecule has 1 aromatic carbocycles. The van der Waals surface area contributed by atoms with Crippen LogP contribution in [-0.4, -0.2) is 16.9 Å². The summed E-state index contributed by atoms with van der Waals surface area (Å²) in [7, 11) is 0. The number of benzene rings is 1. The van der Waals surface area contributed by atoms with Gasteiger partial charge >= 0.3 is 0 Å². The van der Waals surface area contributed by atoms with Crippen molar-refractivity contribution in [2.24, 2.45) is 11.7 Å². The van der Waals surface area contributed by atoms with Crippen LogP contribution < -0.4 is 11.1 Å². The number of para-hydroxylation sites is 1. The molecule has 116 valence electrons. The second kappa shape index (κ2) is 8.82. The zero-order chi connectivity index (χ0) is 13.8. The van der Waals surface area contributed by atoms with E-state index in [0.29, 0.717) is 6.54 Å². The Hall–Kier alpha value is -1.36. The number of pyridine rings is 1. The highest BCUT2D eigenvalue weighted by Gasteiger charge is 2.16. The highest BCUT2D eigenvalue weighted by molar-refractivity contribution is 5.86. The number of nitrogens with one attached hydrogen (secondary N) is 1. The normalized spacial score (nSPS) is 11.4. The lowest BCUT2D eigenvalue weighted by Gasteiger charge is -2.15. The van der Waals surface area contributed by atoms with E-state index in [9.17, 15) is 4.79 Å². The van der Waals surface area contributed by atoms with Gasteiger partial charge in [-0.2, -0.15) is 0 Å². The Morgan fingerprint density at radius 3 is 2.57 bits per heavy atom. The SMILES string of the molecule is CC(C)C(N)C(=O)NCc1cccc2cccnc12.Cl.Cl. The summed E-state index contributed by atoms with van der Waals surface area (Å²) < 4.78 is 0. The molecule has 4 nitrogen and oxygen atoms in total. The predicted octanol–water partition coefficient (Wildman–Crippen LogP) is 2.68. The minimum atomic E-state index is -0.470. The highest BCUT2D eigenvalue weighted by atomic mass is 35.5. The first-order chi connectivity index (χ1) is 9.09. The maximum atomic E-state index is 11.8. The van der Waals surface area contributed by atoms with E-state index in [1.165, 1.54) is 0 Å². The van der Waals surface area contributed by atoms with Crippen LogP contribution in [0.2, 0.25) is 0 Å². The Labute approximate surface area is 137 Å². The van der Waals surface area contributed by atoms with Crippen LogP contribution in [0.4, 0.5) is 0 Å². The molecule has 1 heterocycles. The number of nitrogens with zero attached hydrogens (tertiary/aromatic N) is 1. The smallest absolute Gasteiger partial charge is 0.237 e. The van der Waals surface area contributed by atoms with Crippen molar-refractivity contribution in [1.29, 1.82) is 0 Å². The van der Waals surface area contributed by atoms with Gasteiger partial charge in [-0.25, -0.2) is 0 Å². The van der Waals surface area contributed by atoms with E-state index in [2.05, 4.69) is 10.3 Å². The van der Waals surface area contributed by atoms with Gasteiger partial charge in [0, 0.05) is 18.1 Å². The summed E-state index contributed by atoms with van der Waals surface area (Å²) in [4.78, 5) is 16.2. The van der Waals surface area contributed by atoms with Gasteiger partial charge in [-0.05, 0) is 17.5 Å². The summed E-state index contributed by atoms with van der Waals surface area (Å²) in [5.74, 6) is 0.00794. The van der Waals surface area contributed by atoms with Crippen LogP contribution in [0.3, 0.4) is 0 Å². The van der Waals surface area contributed by atoms with Gasteiger partial charge in [0.1, 0.15) is 0 Å². The largest absolute Gasteiger partial charge is 0.351 e. The highest BCUT2D eigenvalue weighted by Crippen LogP contribution is 2.15. The number of aromatic nitrogens is 1. The first kappa shape index (κ1) is 19.6. The average molecular weight is 330 g/mol. The molecule has 1 atom stereocenters. The van der Waals surface area contributed by atoms with E-state index in [4.69, 9.17) is 5.73 Å². The molecule has 0 radical (unpaired) electrons. The zero-order valence-electron chi connectivity index (χ0n) is 12.1. The van der Waals surface area contributed by atoms with Crippen LogP contribution >= 0.6 is 24.8 Å². The van der Waals surface area contributed by atoms with Crippen LogP contribution in [0.25, 0.3) is 10.9 Å². The molecule has 1 unspecified atom stereocenters. The molecule has 3 N–H and O–H groups in total. The van der Waals surface area contributed by atoms with Crippen molar-refractivity contribution in [2.45, 2.75) is 26.4 Å². The van der Waals surface area contributed by atoms with Crippen molar-refractivity contribution >= 4 is 41.6 Å². The molecule has 0 bridgehead atoms. The van der Waals surface area contributed by atoms with Gasteiger partial charge in [0.15, 0.2) is 0 Å². The molecule has 2 rings (SSSR count). The van der Waals surface area contributed by atoms with E-state index in [1.54, 1.807) is 6.20 Å². The van der Waals surface area contributed by atoms with Crippen molar-refractivity contribution in [2.75, 3.05) is 0 Å². The van der Waals surface area contributed by atoms with Crippen molar-refractivity contribution in [1.82, 2.24) is 10.3 Å². The third kappa shape index (κ3) is 4.84. The summed E-state index contributed by atoms with van der Waals surface area (Å²) in [5, 5.41) is 3.94. The molecule has 0 aliphatic heterocycles. The molecule has 0 aliphatic carbocycles. The number of hydrogen-bond donors (Lipinski definition) is 2. The summed E-state index contributed by atoms with van der Waals surface area (Å²) in [6.07, 6.45) is 1.76. The van der Waals surface area contributed by atoms with Crippen LogP contribution in [0.15, 0.2) is 36.5 Å². The van der Waals surface area contributed by atoms with E-state index < -0.39 is 6.04 Å².